The molecule has 0 saturated heterocycles. The van der Waals surface area contributed by atoms with E-state index in [1.165, 1.54) is 0 Å². The fourth-order valence-electron chi connectivity index (χ4n) is 6.04. The maximum Gasteiger partial charge on any atom is 0.0918 e. The van der Waals surface area contributed by atoms with Crippen LogP contribution >= 0.6 is 0 Å². The predicted octanol–water partition coefficient (Wildman–Crippen LogP) is 4.76. The highest BCUT2D eigenvalue weighted by Gasteiger charge is 2.62. The Morgan fingerprint density at radius 1 is 0.571 bits per heavy atom. The molecule has 0 aromatic carbocycles. The van der Waals surface area contributed by atoms with Gasteiger partial charge >= 0.3 is 0 Å². The van der Waals surface area contributed by atoms with Gasteiger partial charge in [0.2, 0.25) is 0 Å². The predicted molar refractivity (Wildman–Crippen MR) is 89.6 cm³/mol. The van der Waals surface area contributed by atoms with Crippen molar-refractivity contribution in [3.63, 3.8) is 0 Å². The Kier molecular flexibility index (Phi) is 6.53. The molecule has 0 aliphatic heterocycles. The summed E-state index contributed by atoms with van der Waals surface area (Å²) in [6.07, 6.45) is 0. The molecule has 0 fully saturated rings. The molecule has 0 aliphatic rings. The molecule has 0 atom stereocenters. The highest BCUT2D eigenvalue weighted by molar-refractivity contribution is 4.88. The Morgan fingerprint density at radius 3 is 0.667 bits per heavy atom. The second-order valence-corrected chi connectivity index (χ2v) is 9.58. The van der Waals surface area contributed by atoms with Crippen molar-refractivity contribution in [1.82, 2.24) is 0 Å². The third-order valence-corrected chi connectivity index (χ3v) is 4.02. The van der Waals surface area contributed by atoms with Gasteiger partial charge in [0.15, 0.2) is 0 Å². The molecular weight excluding hydrogens is 268 g/mol. The molecule has 5 heteroatoms. The number of quaternary nitrogens is 1. The molecule has 0 amide bonds. The molecule has 0 aliphatic carbocycles. The summed E-state index contributed by atoms with van der Waals surface area (Å²) in [5.41, 5.74) is 0.812. The lowest BCUT2D eigenvalue weighted by molar-refractivity contribution is -1.08. The van der Waals surface area contributed by atoms with Crippen LogP contribution in [-0.2, 0) is 0 Å². The van der Waals surface area contributed by atoms with Gasteiger partial charge in [-0.2, -0.15) is 0 Å². The van der Waals surface area contributed by atoms with E-state index in [0.29, 0.717) is 0 Å². The molecule has 0 unspecified atom stereocenters. The molecular formula is C16H36N2O3. The Labute approximate surface area is 131 Å². The summed E-state index contributed by atoms with van der Waals surface area (Å²) in [6, 6.07) is 0. The summed E-state index contributed by atoms with van der Waals surface area (Å²) in [4.78, 5) is 8.25. The van der Waals surface area contributed by atoms with Gasteiger partial charge in [-0.3, -0.25) is 0 Å². The third-order valence-electron chi connectivity index (χ3n) is 4.02. The molecule has 5 nitrogen and oxygen atoms in total. The molecule has 0 aromatic heterocycles. The largest absolute Gasteiger partial charge is 0.356 e. The summed E-state index contributed by atoms with van der Waals surface area (Å²) in [5, 5.41) is 14.8. The van der Waals surface area contributed by atoms with Gasteiger partial charge in [-0.05, 0) is 83.1 Å². The van der Waals surface area contributed by atoms with Gasteiger partial charge in [0.05, 0.1) is 27.2 Å². The van der Waals surface area contributed by atoms with E-state index >= 15 is 0 Å². The Morgan fingerprint density at radius 2 is 0.667 bits per heavy atom. The molecule has 0 aromatic rings. The van der Waals surface area contributed by atoms with Gasteiger partial charge in [-0.1, -0.05) is 0 Å². The van der Waals surface area contributed by atoms with Crippen LogP contribution in [0.3, 0.4) is 0 Å². The van der Waals surface area contributed by atoms with Crippen molar-refractivity contribution in [2.24, 2.45) is 0 Å². The first-order chi connectivity index (χ1) is 8.73. The quantitative estimate of drug-likeness (QED) is 0.368. The molecule has 21 heavy (non-hydrogen) atoms. The van der Waals surface area contributed by atoms with E-state index < -0.39 is 5.09 Å². The van der Waals surface area contributed by atoms with Crippen molar-refractivity contribution in [2.75, 3.05) is 0 Å². The summed E-state index contributed by atoms with van der Waals surface area (Å²) in [7, 11) is 0. The number of hydrogen-bond donors (Lipinski definition) is 0. The molecule has 0 bridgehead atoms. The second-order valence-electron chi connectivity index (χ2n) is 9.58. The highest BCUT2D eigenvalue weighted by Crippen LogP contribution is 2.50. The molecule has 0 heterocycles. The van der Waals surface area contributed by atoms with Gasteiger partial charge in [0.1, 0.15) is 0 Å². The summed E-state index contributed by atoms with van der Waals surface area (Å²) < 4.78 is 1.08. The van der Waals surface area contributed by atoms with Crippen molar-refractivity contribution < 1.29 is 9.57 Å². The van der Waals surface area contributed by atoms with Gasteiger partial charge in [0.25, 0.3) is 0 Å². The lowest BCUT2D eigenvalue weighted by Crippen LogP contribution is -2.82. The van der Waals surface area contributed by atoms with Crippen molar-refractivity contribution in [1.29, 1.82) is 0 Å². The molecule has 0 spiro atoms. The maximum atomic E-state index is 8.25. The lowest BCUT2D eigenvalue weighted by atomic mass is 9.75. The monoisotopic (exact) mass is 304 g/mol. The molecule has 0 saturated carbocycles. The van der Waals surface area contributed by atoms with Crippen molar-refractivity contribution >= 4 is 0 Å². The van der Waals surface area contributed by atoms with Crippen LogP contribution in [0.5, 0.6) is 0 Å². The Hall–Kier alpha value is -0.840. The van der Waals surface area contributed by atoms with E-state index in [-0.39, 0.29) is 22.2 Å². The minimum absolute atomic E-state index is 0.203. The zero-order chi connectivity index (χ0) is 18.1. The summed E-state index contributed by atoms with van der Waals surface area (Å²) in [5.74, 6) is 0. The topological polar surface area (TPSA) is 66.2 Å². The smallest absolute Gasteiger partial charge is 0.0918 e. The van der Waals surface area contributed by atoms with Crippen LogP contribution in [0.25, 0.3) is 0 Å². The van der Waals surface area contributed by atoms with Gasteiger partial charge in [-0.25, -0.2) is 0 Å². The Bertz CT molecular complexity index is 284. The summed E-state index contributed by atoms with van der Waals surface area (Å²) in [6.45, 7) is 28.6. The normalized spacial score (nSPS) is 14.3. The van der Waals surface area contributed by atoms with Gasteiger partial charge in [0, 0.05) is 0 Å². The minimum atomic E-state index is -1.75. The number of hydrogen-bond acceptors (Lipinski definition) is 3. The van der Waals surface area contributed by atoms with Gasteiger partial charge in [-0.15, -0.1) is 0 Å². The van der Waals surface area contributed by atoms with E-state index in [4.69, 9.17) is 15.3 Å². The lowest BCUT2D eigenvalue weighted by Gasteiger charge is -2.70. The van der Waals surface area contributed by atoms with Crippen LogP contribution < -0.4 is 0 Å². The van der Waals surface area contributed by atoms with Crippen LogP contribution in [0.2, 0.25) is 0 Å². The van der Waals surface area contributed by atoms with E-state index in [2.05, 4.69) is 83.1 Å². The van der Waals surface area contributed by atoms with E-state index in [1.54, 1.807) is 0 Å². The first kappa shape index (κ1) is 22.4. The van der Waals surface area contributed by atoms with Crippen LogP contribution in [0.4, 0.5) is 0 Å². The number of rotatable bonds is 0. The van der Waals surface area contributed by atoms with Crippen LogP contribution in [0.15, 0.2) is 0 Å². The fraction of sp³-hybridized carbons (Fsp3) is 1.00. The minimum Gasteiger partial charge on any atom is -0.356 e. The average Bonchev–Trinajstić information content (AvgIpc) is 1.86. The Balaban J connectivity index is 0. The van der Waals surface area contributed by atoms with Crippen LogP contribution in [-0.4, -0.2) is 31.7 Å². The third kappa shape index (κ3) is 4.56. The molecule has 0 rings (SSSR count). The first-order valence-corrected chi connectivity index (χ1v) is 7.44. The zero-order valence-corrected chi connectivity index (χ0v) is 16.1. The van der Waals surface area contributed by atoms with E-state index in [0.717, 1.165) is 4.48 Å². The van der Waals surface area contributed by atoms with Crippen LogP contribution in [0, 0.1) is 15.3 Å². The fourth-order valence-corrected chi connectivity index (χ4v) is 6.04. The summed E-state index contributed by atoms with van der Waals surface area (Å²) >= 11 is 0. The van der Waals surface area contributed by atoms with Crippen molar-refractivity contribution in [3.05, 3.63) is 15.3 Å². The van der Waals surface area contributed by atoms with E-state index in [1.807, 2.05) is 0 Å². The standard InChI is InChI=1S/C16H36N.NO3/c1-13(2,3)17(14(4,5)6,15(7,8)9)16(10,11)12;2-1(3)4/h1-12H3;/q+1;-1. The molecule has 128 valence electrons. The maximum absolute atomic E-state index is 8.25. The first-order valence-electron chi connectivity index (χ1n) is 7.44. The van der Waals surface area contributed by atoms with Crippen LogP contribution in [0.1, 0.15) is 83.1 Å². The van der Waals surface area contributed by atoms with E-state index in [9.17, 15) is 0 Å². The second kappa shape index (κ2) is 6.11. The molecule has 0 radical (unpaired) electrons. The zero-order valence-electron chi connectivity index (χ0n) is 16.1. The highest BCUT2D eigenvalue weighted by atomic mass is 16.9. The molecule has 0 N–H and O–H groups in total. The van der Waals surface area contributed by atoms with Crippen molar-refractivity contribution in [2.45, 2.75) is 105 Å². The SMILES string of the molecule is CC(C)(C)[N+](C(C)(C)C)(C(C)(C)C)C(C)(C)C.O=[N+]([O-])[O-]. The number of nitrogens with zero attached hydrogens (tertiary/aromatic N) is 2. The van der Waals surface area contributed by atoms with Gasteiger partial charge < -0.3 is 19.8 Å². The van der Waals surface area contributed by atoms with Crippen molar-refractivity contribution in [3.8, 4) is 0 Å². The average molecular weight is 304 g/mol.